The number of hydrogen-bond acceptors (Lipinski definition) is 5. The van der Waals surface area contributed by atoms with Gasteiger partial charge in [-0.2, -0.15) is 4.98 Å². The zero-order chi connectivity index (χ0) is 16.9. The van der Waals surface area contributed by atoms with Crippen molar-refractivity contribution in [3.05, 3.63) is 47.4 Å². The summed E-state index contributed by atoms with van der Waals surface area (Å²) in [6.07, 6.45) is 0.704. The topological polar surface area (TPSA) is 89.3 Å². The van der Waals surface area contributed by atoms with Gasteiger partial charge in [-0.1, -0.05) is 17.3 Å². The summed E-state index contributed by atoms with van der Waals surface area (Å²) in [5.41, 5.74) is 0.919. The van der Waals surface area contributed by atoms with E-state index in [1.807, 2.05) is 0 Å². The number of aromatic nitrogens is 2. The van der Waals surface area contributed by atoms with Crippen LogP contribution in [-0.4, -0.2) is 29.3 Å². The second-order valence-corrected chi connectivity index (χ2v) is 5.69. The Morgan fingerprint density at radius 2 is 2.12 bits per heavy atom. The molecule has 2 N–H and O–H groups in total. The van der Waals surface area contributed by atoms with Gasteiger partial charge >= 0.3 is 6.03 Å². The molecule has 2 aromatic rings. The van der Waals surface area contributed by atoms with Crippen LogP contribution >= 0.6 is 0 Å². The summed E-state index contributed by atoms with van der Waals surface area (Å²) in [7, 11) is 0. The van der Waals surface area contributed by atoms with Crippen LogP contribution in [0, 0.1) is 18.7 Å². The molecule has 1 aromatic heterocycles. The molecule has 7 nitrogen and oxygen atoms in total. The predicted octanol–water partition coefficient (Wildman–Crippen LogP) is 2.09. The molecule has 0 aliphatic carbocycles. The Kier molecular flexibility index (Phi) is 5.05. The molecule has 1 aromatic carbocycles. The van der Waals surface area contributed by atoms with E-state index in [9.17, 15) is 9.18 Å². The maximum Gasteiger partial charge on any atom is 0.315 e. The summed E-state index contributed by atoms with van der Waals surface area (Å²) in [4.78, 5) is 15.9. The van der Waals surface area contributed by atoms with E-state index in [-0.39, 0.29) is 30.4 Å². The van der Waals surface area contributed by atoms with E-state index in [0.717, 1.165) is 12.0 Å². The van der Waals surface area contributed by atoms with Gasteiger partial charge < -0.3 is 19.9 Å². The Balaban J connectivity index is 1.48. The zero-order valence-electron chi connectivity index (χ0n) is 13.3. The molecule has 2 heterocycles. The number of nitrogens with one attached hydrogen (secondary N) is 2. The van der Waals surface area contributed by atoms with Gasteiger partial charge in [-0.3, -0.25) is 0 Å². The Bertz CT molecular complexity index is 689. The Labute approximate surface area is 138 Å². The minimum atomic E-state index is -0.310. The summed E-state index contributed by atoms with van der Waals surface area (Å²) in [6.45, 7) is 2.98. The number of carbonyl (C=O) groups is 1. The number of halogens is 1. The number of rotatable bonds is 5. The van der Waals surface area contributed by atoms with Crippen molar-refractivity contribution in [3.63, 3.8) is 0 Å². The van der Waals surface area contributed by atoms with Gasteiger partial charge in [-0.15, -0.1) is 0 Å². The number of nitrogens with zero attached hydrogens (tertiary/aromatic N) is 2. The summed E-state index contributed by atoms with van der Waals surface area (Å²) in [6, 6.07) is 5.96. The van der Waals surface area contributed by atoms with Crippen LogP contribution in [0.3, 0.4) is 0 Å². The number of carbonyl (C=O) groups excluding carboxylic acids is 1. The van der Waals surface area contributed by atoms with E-state index in [0.29, 0.717) is 24.9 Å². The van der Waals surface area contributed by atoms with Gasteiger partial charge in [0, 0.05) is 19.1 Å². The van der Waals surface area contributed by atoms with E-state index in [4.69, 9.17) is 9.26 Å². The van der Waals surface area contributed by atoms with Gasteiger partial charge in [0.15, 0.2) is 5.82 Å². The number of urea groups is 1. The largest absolute Gasteiger partial charge is 0.373 e. The van der Waals surface area contributed by atoms with Gasteiger partial charge in [0.25, 0.3) is 0 Å². The molecule has 1 fully saturated rings. The van der Waals surface area contributed by atoms with Crippen molar-refractivity contribution < 1.29 is 18.4 Å². The maximum absolute atomic E-state index is 13.0. The van der Waals surface area contributed by atoms with Crippen molar-refractivity contribution in [3.8, 4) is 0 Å². The van der Waals surface area contributed by atoms with Crippen molar-refractivity contribution in [2.75, 3.05) is 13.2 Å². The van der Waals surface area contributed by atoms with E-state index in [1.165, 1.54) is 12.1 Å². The van der Waals surface area contributed by atoms with Crippen LogP contribution < -0.4 is 10.6 Å². The Morgan fingerprint density at radius 1 is 1.33 bits per heavy atom. The molecule has 24 heavy (non-hydrogen) atoms. The minimum Gasteiger partial charge on any atom is -0.373 e. The molecule has 0 saturated carbocycles. The van der Waals surface area contributed by atoms with Crippen LogP contribution in [0.5, 0.6) is 0 Å². The summed E-state index contributed by atoms with van der Waals surface area (Å²) in [5, 5.41) is 9.13. The van der Waals surface area contributed by atoms with Gasteiger partial charge in [0.05, 0.1) is 12.6 Å². The molecule has 2 atom stereocenters. The molecular weight excluding hydrogens is 315 g/mol. The van der Waals surface area contributed by atoms with Crippen molar-refractivity contribution in [1.82, 2.24) is 20.8 Å². The minimum absolute atomic E-state index is 0.135. The number of hydrogen-bond donors (Lipinski definition) is 2. The SMILES string of the molecule is Cc1noc(CNC(=O)NC[C@@H]2CCO[C@H]2c2ccc(F)cc2)n1. The highest BCUT2D eigenvalue weighted by Crippen LogP contribution is 2.34. The lowest BCUT2D eigenvalue weighted by Gasteiger charge is -2.19. The van der Waals surface area contributed by atoms with E-state index >= 15 is 0 Å². The third-order valence-electron chi connectivity index (χ3n) is 3.91. The Morgan fingerprint density at radius 3 is 2.83 bits per heavy atom. The second kappa shape index (κ2) is 7.39. The molecule has 3 rings (SSSR count). The molecule has 0 unspecified atom stereocenters. The summed E-state index contributed by atoms with van der Waals surface area (Å²) < 4.78 is 23.7. The van der Waals surface area contributed by atoms with Crippen molar-refractivity contribution in [2.45, 2.75) is 26.0 Å². The molecule has 2 amide bonds. The number of aryl methyl sites for hydroxylation is 1. The van der Waals surface area contributed by atoms with Gasteiger partial charge in [-0.25, -0.2) is 9.18 Å². The quantitative estimate of drug-likeness (QED) is 0.874. The zero-order valence-corrected chi connectivity index (χ0v) is 13.3. The highest BCUT2D eigenvalue weighted by molar-refractivity contribution is 5.73. The molecule has 128 valence electrons. The van der Waals surface area contributed by atoms with E-state index in [2.05, 4.69) is 20.8 Å². The third kappa shape index (κ3) is 4.08. The molecule has 0 radical (unpaired) electrons. The lowest BCUT2D eigenvalue weighted by Crippen LogP contribution is -2.38. The fraction of sp³-hybridized carbons (Fsp3) is 0.438. The molecule has 0 spiro atoms. The van der Waals surface area contributed by atoms with Crippen molar-refractivity contribution in [1.29, 1.82) is 0 Å². The van der Waals surface area contributed by atoms with Crippen LogP contribution in [0.4, 0.5) is 9.18 Å². The number of amides is 2. The third-order valence-corrected chi connectivity index (χ3v) is 3.91. The predicted molar refractivity (Wildman–Crippen MR) is 82.5 cm³/mol. The first-order valence-corrected chi connectivity index (χ1v) is 7.80. The average molecular weight is 334 g/mol. The number of benzene rings is 1. The molecule has 1 aliphatic rings. The van der Waals surface area contributed by atoms with Gasteiger partial charge in [0.2, 0.25) is 5.89 Å². The lowest BCUT2D eigenvalue weighted by atomic mass is 9.95. The second-order valence-electron chi connectivity index (χ2n) is 5.69. The van der Waals surface area contributed by atoms with Gasteiger partial charge in [0.1, 0.15) is 5.82 Å². The van der Waals surface area contributed by atoms with Gasteiger partial charge in [-0.05, 0) is 31.0 Å². The van der Waals surface area contributed by atoms with E-state index in [1.54, 1.807) is 19.1 Å². The fourth-order valence-corrected chi connectivity index (χ4v) is 2.72. The highest BCUT2D eigenvalue weighted by Gasteiger charge is 2.29. The van der Waals surface area contributed by atoms with Crippen LogP contribution in [-0.2, 0) is 11.3 Å². The fourth-order valence-electron chi connectivity index (χ4n) is 2.72. The first-order valence-electron chi connectivity index (χ1n) is 7.80. The molecule has 8 heteroatoms. The van der Waals surface area contributed by atoms with Crippen LogP contribution in [0.1, 0.15) is 29.8 Å². The molecule has 0 bridgehead atoms. The normalized spacial score (nSPS) is 20.1. The first-order chi connectivity index (χ1) is 11.6. The average Bonchev–Trinajstić information content (AvgIpc) is 3.20. The highest BCUT2D eigenvalue weighted by atomic mass is 19.1. The first kappa shape index (κ1) is 16.4. The summed E-state index contributed by atoms with van der Waals surface area (Å²) >= 11 is 0. The standard InChI is InChI=1S/C16H19FN4O3/c1-10-20-14(24-21-10)9-19-16(22)18-8-12-6-7-23-15(12)11-2-4-13(17)5-3-11/h2-5,12,15H,6-9H2,1H3,(H2,18,19,22)/t12-,15-/m0/s1. The van der Waals surface area contributed by atoms with Crippen LogP contribution in [0.15, 0.2) is 28.8 Å². The monoisotopic (exact) mass is 334 g/mol. The smallest absolute Gasteiger partial charge is 0.315 e. The van der Waals surface area contributed by atoms with Crippen molar-refractivity contribution in [2.24, 2.45) is 5.92 Å². The van der Waals surface area contributed by atoms with Crippen LogP contribution in [0.2, 0.25) is 0 Å². The summed E-state index contributed by atoms with van der Waals surface area (Å²) in [5.74, 6) is 0.752. The number of ether oxygens (including phenoxy) is 1. The molecule has 1 saturated heterocycles. The van der Waals surface area contributed by atoms with Crippen molar-refractivity contribution >= 4 is 6.03 Å². The van der Waals surface area contributed by atoms with Crippen LogP contribution in [0.25, 0.3) is 0 Å². The molecule has 1 aliphatic heterocycles. The Hall–Kier alpha value is -2.48. The lowest BCUT2D eigenvalue weighted by molar-refractivity contribution is 0.0909. The van der Waals surface area contributed by atoms with E-state index < -0.39 is 0 Å². The maximum atomic E-state index is 13.0. The molecular formula is C16H19FN4O3.